The molecule has 1 aliphatic carbocycles. The van der Waals surface area contributed by atoms with E-state index < -0.39 is 0 Å². The molecule has 0 bridgehead atoms. The molecule has 0 fully saturated rings. The molecule has 3 rings (SSSR count). The van der Waals surface area contributed by atoms with Crippen LogP contribution < -0.4 is 5.73 Å². The standard InChI is InChI=1S/C17H23ClN4O/c1-4-17(2,3)23-10-11-5-6-12(9-11)13-7-8-14-15(19)20-16(18)21-22(13)14/h7-9,11H,4-6,10H2,1-3H3,(H2,19,20,21). The molecule has 1 atom stereocenters. The fraction of sp³-hybridized carbons (Fsp3) is 0.529. The number of ether oxygens (including phenoxy) is 1. The predicted octanol–water partition coefficient (Wildman–Crippen LogP) is 3.96. The Morgan fingerprint density at radius 3 is 2.96 bits per heavy atom. The average molecular weight is 335 g/mol. The van der Waals surface area contributed by atoms with Gasteiger partial charge in [-0.25, -0.2) is 4.52 Å². The average Bonchev–Trinajstić information content (AvgIpc) is 3.11. The second-order valence-electron chi connectivity index (χ2n) is 6.70. The molecule has 2 aromatic heterocycles. The van der Waals surface area contributed by atoms with Crippen molar-refractivity contribution in [2.24, 2.45) is 5.92 Å². The van der Waals surface area contributed by atoms with E-state index in [2.05, 4.69) is 36.9 Å². The van der Waals surface area contributed by atoms with E-state index in [4.69, 9.17) is 22.1 Å². The van der Waals surface area contributed by atoms with Gasteiger partial charge < -0.3 is 10.5 Å². The summed E-state index contributed by atoms with van der Waals surface area (Å²) in [5.74, 6) is 0.843. The zero-order valence-corrected chi connectivity index (χ0v) is 14.6. The highest BCUT2D eigenvalue weighted by Gasteiger charge is 2.23. The normalized spacial score (nSPS) is 18.6. The van der Waals surface area contributed by atoms with Crippen LogP contribution in [0.4, 0.5) is 5.82 Å². The highest BCUT2D eigenvalue weighted by Crippen LogP contribution is 2.34. The van der Waals surface area contributed by atoms with Crippen LogP contribution in [0.2, 0.25) is 5.28 Å². The summed E-state index contributed by atoms with van der Waals surface area (Å²) in [6, 6.07) is 3.97. The summed E-state index contributed by atoms with van der Waals surface area (Å²) < 4.78 is 7.82. The quantitative estimate of drug-likeness (QED) is 0.898. The van der Waals surface area contributed by atoms with Crippen LogP contribution in [0.5, 0.6) is 0 Å². The second-order valence-corrected chi connectivity index (χ2v) is 7.03. The van der Waals surface area contributed by atoms with E-state index in [1.165, 1.54) is 5.57 Å². The van der Waals surface area contributed by atoms with Gasteiger partial charge in [0, 0.05) is 5.92 Å². The van der Waals surface area contributed by atoms with E-state index in [0.717, 1.165) is 37.1 Å². The van der Waals surface area contributed by atoms with Crippen LogP contribution in [0.3, 0.4) is 0 Å². The first-order chi connectivity index (χ1) is 10.9. The molecule has 0 radical (unpaired) electrons. The number of nitrogens with two attached hydrogens (primary N) is 1. The van der Waals surface area contributed by atoms with Gasteiger partial charge in [-0.3, -0.25) is 0 Å². The third-order valence-corrected chi connectivity index (χ3v) is 4.76. The van der Waals surface area contributed by atoms with Crippen molar-refractivity contribution in [2.75, 3.05) is 12.3 Å². The van der Waals surface area contributed by atoms with Crippen molar-refractivity contribution in [2.45, 2.75) is 45.6 Å². The number of fused-ring (bicyclic) bond motifs is 1. The molecule has 0 spiro atoms. The highest BCUT2D eigenvalue weighted by molar-refractivity contribution is 6.28. The van der Waals surface area contributed by atoms with Gasteiger partial charge in [-0.1, -0.05) is 13.0 Å². The lowest BCUT2D eigenvalue weighted by atomic mass is 10.1. The van der Waals surface area contributed by atoms with Gasteiger partial charge in [0.25, 0.3) is 0 Å². The summed E-state index contributed by atoms with van der Waals surface area (Å²) in [6.07, 6.45) is 5.40. The van der Waals surface area contributed by atoms with Gasteiger partial charge in [-0.2, -0.15) is 4.98 Å². The third-order valence-electron chi connectivity index (χ3n) is 4.60. The Labute approximate surface area is 141 Å². The van der Waals surface area contributed by atoms with Crippen LogP contribution in [-0.4, -0.2) is 26.8 Å². The summed E-state index contributed by atoms with van der Waals surface area (Å²) in [5.41, 5.74) is 8.94. The number of hydrogen-bond acceptors (Lipinski definition) is 4. The number of hydrogen-bond donors (Lipinski definition) is 1. The van der Waals surface area contributed by atoms with E-state index in [1.54, 1.807) is 4.52 Å². The van der Waals surface area contributed by atoms with Crippen LogP contribution in [-0.2, 0) is 4.74 Å². The molecule has 124 valence electrons. The van der Waals surface area contributed by atoms with Crippen LogP contribution in [0.15, 0.2) is 18.2 Å². The Hall–Kier alpha value is -1.59. The van der Waals surface area contributed by atoms with Crippen molar-refractivity contribution in [1.29, 1.82) is 0 Å². The molecular weight excluding hydrogens is 312 g/mol. The van der Waals surface area contributed by atoms with Gasteiger partial charge in [0.1, 0.15) is 5.52 Å². The Kier molecular flexibility index (Phi) is 4.34. The number of aromatic nitrogens is 3. The van der Waals surface area contributed by atoms with Gasteiger partial charge in [-0.15, -0.1) is 5.10 Å². The van der Waals surface area contributed by atoms with E-state index in [9.17, 15) is 0 Å². The Balaban J connectivity index is 1.82. The SMILES string of the molecule is CCC(C)(C)OCC1C=C(c2ccc3c(N)nc(Cl)nn23)CC1. The molecule has 0 aromatic carbocycles. The number of nitrogen functional groups attached to an aromatic ring is 1. The largest absolute Gasteiger partial charge is 0.382 e. The molecule has 5 nitrogen and oxygen atoms in total. The third kappa shape index (κ3) is 3.35. The Bertz CT molecular complexity index is 750. The Morgan fingerprint density at radius 1 is 1.43 bits per heavy atom. The van der Waals surface area contributed by atoms with Gasteiger partial charge in [-0.05, 0) is 62.4 Å². The van der Waals surface area contributed by atoms with Crippen LogP contribution in [0, 0.1) is 5.92 Å². The van der Waals surface area contributed by atoms with Crippen molar-refractivity contribution in [3.63, 3.8) is 0 Å². The molecule has 2 aromatic rings. The number of allylic oxidation sites excluding steroid dienone is 1. The first-order valence-corrected chi connectivity index (χ1v) is 8.43. The molecule has 2 heterocycles. The number of rotatable bonds is 5. The summed E-state index contributed by atoms with van der Waals surface area (Å²) in [5, 5.41) is 4.45. The monoisotopic (exact) mass is 334 g/mol. The molecule has 23 heavy (non-hydrogen) atoms. The zero-order chi connectivity index (χ0) is 16.6. The molecule has 2 N–H and O–H groups in total. The van der Waals surface area contributed by atoms with Gasteiger partial charge in [0.15, 0.2) is 5.82 Å². The molecule has 0 amide bonds. The summed E-state index contributed by atoms with van der Waals surface area (Å²) in [4.78, 5) is 3.99. The van der Waals surface area contributed by atoms with Crippen LogP contribution in [0.1, 0.15) is 45.7 Å². The fourth-order valence-corrected chi connectivity index (χ4v) is 2.97. The summed E-state index contributed by atoms with van der Waals surface area (Å²) >= 11 is 5.94. The summed E-state index contributed by atoms with van der Waals surface area (Å²) in [7, 11) is 0. The van der Waals surface area contributed by atoms with E-state index in [0.29, 0.717) is 11.7 Å². The van der Waals surface area contributed by atoms with Crippen molar-refractivity contribution < 1.29 is 4.74 Å². The first-order valence-electron chi connectivity index (χ1n) is 8.05. The van der Waals surface area contributed by atoms with Gasteiger partial charge >= 0.3 is 0 Å². The predicted molar refractivity (Wildman–Crippen MR) is 93.4 cm³/mol. The van der Waals surface area contributed by atoms with Crippen LogP contribution in [0.25, 0.3) is 11.1 Å². The zero-order valence-electron chi connectivity index (χ0n) is 13.8. The lowest BCUT2D eigenvalue weighted by Gasteiger charge is -2.25. The van der Waals surface area contributed by atoms with E-state index in [1.807, 2.05) is 12.1 Å². The molecule has 0 aliphatic heterocycles. The van der Waals surface area contributed by atoms with Gasteiger partial charge in [0.05, 0.1) is 17.9 Å². The smallest absolute Gasteiger partial charge is 0.243 e. The van der Waals surface area contributed by atoms with E-state index in [-0.39, 0.29) is 10.9 Å². The maximum absolute atomic E-state index is 6.04. The van der Waals surface area contributed by atoms with E-state index >= 15 is 0 Å². The Morgan fingerprint density at radius 2 is 2.22 bits per heavy atom. The van der Waals surface area contributed by atoms with Gasteiger partial charge in [0.2, 0.25) is 5.28 Å². The summed E-state index contributed by atoms with van der Waals surface area (Å²) in [6.45, 7) is 7.17. The maximum Gasteiger partial charge on any atom is 0.243 e. The minimum absolute atomic E-state index is 0.0620. The minimum Gasteiger partial charge on any atom is -0.382 e. The molecule has 0 saturated carbocycles. The molecule has 1 unspecified atom stereocenters. The van der Waals surface area contributed by atoms with Crippen molar-refractivity contribution in [3.8, 4) is 0 Å². The number of anilines is 1. The maximum atomic E-state index is 6.04. The first kappa shape index (κ1) is 16.3. The highest BCUT2D eigenvalue weighted by atomic mass is 35.5. The molecule has 1 aliphatic rings. The minimum atomic E-state index is -0.0620. The van der Waals surface area contributed by atoms with Crippen molar-refractivity contribution >= 4 is 28.5 Å². The molecule has 6 heteroatoms. The second kappa shape index (κ2) is 6.13. The fourth-order valence-electron chi connectivity index (χ4n) is 2.81. The lowest BCUT2D eigenvalue weighted by Crippen LogP contribution is -2.25. The van der Waals surface area contributed by atoms with Crippen molar-refractivity contribution in [1.82, 2.24) is 14.6 Å². The number of nitrogens with zero attached hydrogens (tertiary/aromatic N) is 3. The number of halogens is 1. The van der Waals surface area contributed by atoms with Crippen LogP contribution >= 0.6 is 11.6 Å². The molecule has 0 saturated heterocycles. The molecular formula is C17H23ClN4O. The van der Waals surface area contributed by atoms with Crippen molar-refractivity contribution in [3.05, 3.63) is 29.2 Å². The topological polar surface area (TPSA) is 65.4 Å². The lowest BCUT2D eigenvalue weighted by molar-refractivity contribution is -0.0312.